The van der Waals surface area contributed by atoms with Gasteiger partial charge in [-0.05, 0) is 18.2 Å². The van der Waals surface area contributed by atoms with Crippen molar-refractivity contribution >= 4 is 18.1 Å². The molecule has 1 aromatic rings. The molecule has 0 unspecified atom stereocenters. The number of carbonyl (C=O) groups is 3. The quantitative estimate of drug-likeness (QED) is 0.301. The van der Waals surface area contributed by atoms with Crippen LogP contribution in [0.25, 0.3) is 0 Å². The van der Waals surface area contributed by atoms with Crippen LogP contribution in [0.2, 0.25) is 0 Å². The van der Waals surface area contributed by atoms with Crippen molar-refractivity contribution in [3.63, 3.8) is 0 Å². The number of rotatable bonds is 11. The Kier molecular flexibility index (Phi) is 9.34. The summed E-state index contributed by atoms with van der Waals surface area (Å²) >= 11 is 0. The lowest BCUT2D eigenvalue weighted by molar-refractivity contribution is -0.141. The van der Waals surface area contributed by atoms with Crippen LogP contribution in [0.15, 0.2) is 23.8 Å². The van der Waals surface area contributed by atoms with Crippen LogP contribution < -0.4 is 14.8 Å². The fraction of sp³-hybridized carbons (Fsp3) is 0.577. The maximum absolute atomic E-state index is 13.3. The van der Waals surface area contributed by atoms with Gasteiger partial charge < -0.3 is 39.4 Å². The van der Waals surface area contributed by atoms with Crippen LogP contribution in [0.4, 0.5) is 0 Å². The van der Waals surface area contributed by atoms with Gasteiger partial charge in [0.2, 0.25) is 11.8 Å². The number of carbonyl (C=O) groups excluding carboxylic acids is 3. The molecule has 0 bridgehead atoms. The molecular weight excluding hydrogens is 498 g/mol. The Labute approximate surface area is 221 Å². The summed E-state index contributed by atoms with van der Waals surface area (Å²) in [5.74, 6) is -0.896. The Hall–Kier alpha value is -3.03. The molecule has 1 fully saturated rings. The number of nitrogens with one attached hydrogen (secondary N) is 1. The Morgan fingerprint density at radius 3 is 2.68 bits per heavy atom. The fourth-order valence-corrected chi connectivity index (χ4v) is 5.28. The molecule has 2 amide bonds. The highest BCUT2D eigenvalue weighted by Gasteiger charge is 2.51. The summed E-state index contributed by atoms with van der Waals surface area (Å²) in [4.78, 5) is 41.8. The molecular formula is C26H35N3O9. The summed E-state index contributed by atoms with van der Waals surface area (Å²) in [5, 5.41) is 23.5. The van der Waals surface area contributed by atoms with E-state index in [1.54, 1.807) is 12.1 Å². The molecule has 0 saturated carbocycles. The lowest BCUT2D eigenvalue weighted by Gasteiger charge is -2.41. The molecule has 1 aromatic carbocycles. The fourth-order valence-electron chi connectivity index (χ4n) is 5.28. The molecule has 12 nitrogen and oxygen atoms in total. The predicted octanol–water partition coefficient (Wildman–Crippen LogP) is -1.06. The minimum Gasteiger partial charge on any atom is -0.493 e. The molecule has 2 heterocycles. The highest BCUT2D eigenvalue weighted by molar-refractivity contribution is 5.96. The van der Waals surface area contributed by atoms with Gasteiger partial charge in [-0.2, -0.15) is 0 Å². The van der Waals surface area contributed by atoms with Crippen LogP contribution in [0.5, 0.6) is 11.5 Å². The molecule has 38 heavy (non-hydrogen) atoms. The lowest BCUT2D eigenvalue weighted by Crippen LogP contribution is -2.57. The van der Waals surface area contributed by atoms with Gasteiger partial charge in [-0.25, -0.2) is 0 Å². The van der Waals surface area contributed by atoms with Gasteiger partial charge in [0.05, 0.1) is 38.9 Å². The van der Waals surface area contributed by atoms with Crippen molar-refractivity contribution in [1.29, 1.82) is 0 Å². The number of hydrogen-bond donors (Lipinski definition) is 3. The van der Waals surface area contributed by atoms with E-state index in [4.69, 9.17) is 18.9 Å². The van der Waals surface area contributed by atoms with E-state index < -0.39 is 30.1 Å². The number of aliphatic hydroxyl groups excluding tert-OH is 2. The monoisotopic (exact) mass is 533 g/mol. The van der Waals surface area contributed by atoms with Crippen molar-refractivity contribution in [3.05, 3.63) is 34.9 Å². The number of methoxy groups -OCH3 is 2. The molecule has 1 aliphatic carbocycles. The second-order valence-corrected chi connectivity index (χ2v) is 9.38. The molecule has 208 valence electrons. The van der Waals surface area contributed by atoms with E-state index in [0.29, 0.717) is 48.7 Å². The van der Waals surface area contributed by atoms with E-state index in [9.17, 15) is 24.6 Å². The first kappa shape index (κ1) is 28.0. The third kappa shape index (κ3) is 5.69. The van der Waals surface area contributed by atoms with Crippen molar-refractivity contribution in [3.8, 4) is 11.5 Å². The van der Waals surface area contributed by atoms with Gasteiger partial charge in [0.15, 0.2) is 11.5 Å². The molecule has 0 aromatic heterocycles. The second kappa shape index (κ2) is 12.7. The van der Waals surface area contributed by atoms with Crippen molar-refractivity contribution in [2.24, 2.45) is 0 Å². The van der Waals surface area contributed by atoms with Gasteiger partial charge in [0.1, 0.15) is 25.1 Å². The molecule has 3 N–H and O–H groups in total. The maximum atomic E-state index is 13.3. The van der Waals surface area contributed by atoms with Crippen LogP contribution in [0.3, 0.4) is 0 Å². The zero-order chi connectivity index (χ0) is 27.2. The first-order chi connectivity index (χ1) is 18.4. The minimum absolute atomic E-state index is 0.0234. The van der Waals surface area contributed by atoms with Crippen molar-refractivity contribution in [2.45, 2.75) is 24.2 Å². The van der Waals surface area contributed by atoms with E-state index in [2.05, 4.69) is 10.2 Å². The molecule has 4 rings (SSSR count). The molecule has 1 saturated heterocycles. The van der Waals surface area contributed by atoms with E-state index in [0.717, 1.165) is 13.1 Å². The highest BCUT2D eigenvalue weighted by Crippen LogP contribution is 2.51. The van der Waals surface area contributed by atoms with Crippen molar-refractivity contribution in [1.82, 2.24) is 15.1 Å². The van der Waals surface area contributed by atoms with Gasteiger partial charge in [0, 0.05) is 56.5 Å². The summed E-state index contributed by atoms with van der Waals surface area (Å²) < 4.78 is 22.1. The van der Waals surface area contributed by atoms with Gasteiger partial charge in [-0.3, -0.25) is 19.3 Å². The zero-order valence-electron chi connectivity index (χ0n) is 21.6. The molecule has 3 aliphatic rings. The predicted molar refractivity (Wildman–Crippen MR) is 134 cm³/mol. The zero-order valence-corrected chi connectivity index (χ0v) is 21.6. The first-order valence-electron chi connectivity index (χ1n) is 12.6. The number of aliphatic hydroxyl groups is 2. The molecule has 12 heteroatoms. The van der Waals surface area contributed by atoms with Gasteiger partial charge in [-0.15, -0.1) is 0 Å². The van der Waals surface area contributed by atoms with Crippen LogP contribution in [-0.4, -0.2) is 130 Å². The van der Waals surface area contributed by atoms with Crippen LogP contribution >= 0.6 is 0 Å². The molecule has 0 radical (unpaired) electrons. The average Bonchev–Trinajstić information content (AvgIpc) is 3.33. The van der Waals surface area contributed by atoms with Crippen LogP contribution in [-0.2, 0) is 19.1 Å². The Balaban J connectivity index is 1.73. The summed E-state index contributed by atoms with van der Waals surface area (Å²) in [7, 11) is 2.86. The third-order valence-corrected chi connectivity index (χ3v) is 7.12. The number of ether oxygens (including phenoxy) is 4. The van der Waals surface area contributed by atoms with Gasteiger partial charge in [-0.1, -0.05) is 0 Å². The molecule has 4 atom stereocenters. The standard InChI is InChI=1S/C26H35N3O9/c1-35-15-21(32)29(5-4-28-6-9-37-10-7-28)19-13-18(26(34)27-3-8-30)22-17-11-16(14-31)12-20(36-2)24(17)38-25(22)23(19)33/h11-14,19,22-23,25,30,33H,3-10,15H2,1-2H3,(H,27,34)/t19-,22+,23+,25+/m1/s1. The van der Waals surface area contributed by atoms with Crippen LogP contribution in [0, 0.1) is 0 Å². The minimum atomic E-state index is -1.20. The van der Waals surface area contributed by atoms with E-state index >= 15 is 0 Å². The summed E-state index contributed by atoms with van der Waals surface area (Å²) in [6.07, 6.45) is 0.136. The summed E-state index contributed by atoms with van der Waals surface area (Å²) in [5.41, 5.74) is 1.13. The SMILES string of the molecule is COCC(=O)N(CCN1CCOCC1)[C@@H]1C=C(C(=O)NCCO)[C@@H]2c3cc(C=O)cc(OC)c3O[C@@H]2[C@H]1O. The van der Waals surface area contributed by atoms with Gasteiger partial charge in [0.25, 0.3) is 0 Å². The van der Waals surface area contributed by atoms with Crippen LogP contribution in [0.1, 0.15) is 21.8 Å². The first-order valence-corrected chi connectivity index (χ1v) is 12.6. The largest absolute Gasteiger partial charge is 0.493 e. The Morgan fingerprint density at radius 1 is 1.26 bits per heavy atom. The van der Waals surface area contributed by atoms with Gasteiger partial charge >= 0.3 is 0 Å². The number of fused-ring (bicyclic) bond motifs is 3. The number of aldehydes is 1. The Morgan fingerprint density at radius 2 is 2.03 bits per heavy atom. The smallest absolute Gasteiger partial charge is 0.249 e. The molecule has 2 aliphatic heterocycles. The number of benzene rings is 1. The van der Waals surface area contributed by atoms with E-state index in [-0.39, 0.29) is 37.8 Å². The number of morpholine rings is 1. The van der Waals surface area contributed by atoms with E-state index in [1.807, 2.05) is 0 Å². The lowest BCUT2D eigenvalue weighted by atomic mass is 9.77. The van der Waals surface area contributed by atoms with E-state index in [1.165, 1.54) is 25.2 Å². The molecule has 0 spiro atoms. The Bertz CT molecular complexity index is 1060. The third-order valence-electron chi connectivity index (χ3n) is 7.12. The summed E-state index contributed by atoms with van der Waals surface area (Å²) in [6, 6.07) is 2.25. The summed E-state index contributed by atoms with van der Waals surface area (Å²) in [6.45, 7) is 3.07. The number of hydrogen-bond acceptors (Lipinski definition) is 10. The topological polar surface area (TPSA) is 147 Å². The number of nitrogens with zero attached hydrogens (tertiary/aromatic N) is 2. The second-order valence-electron chi connectivity index (χ2n) is 9.38. The average molecular weight is 534 g/mol. The van der Waals surface area contributed by atoms with Crippen molar-refractivity contribution in [2.75, 3.05) is 73.4 Å². The maximum Gasteiger partial charge on any atom is 0.249 e. The normalized spacial score (nSPS) is 24.5. The highest BCUT2D eigenvalue weighted by atomic mass is 16.5. The number of amides is 2. The van der Waals surface area contributed by atoms with Crippen molar-refractivity contribution < 1.29 is 43.5 Å².